The van der Waals surface area contributed by atoms with Gasteiger partial charge in [0.1, 0.15) is 0 Å². The van der Waals surface area contributed by atoms with E-state index in [4.69, 9.17) is 16.7 Å². The Bertz CT molecular complexity index is 542. The average molecular weight is 292 g/mol. The molecule has 100 valence electrons. The molecule has 0 amide bonds. The van der Waals surface area contributed by atoms with Crippen molar-refractivity contribution in [2.45, 2.75) is 6.92 Å². The number of halogens is 1. The van der Waals surface area contributed by atoms with E-state index >= 15 is 0 Å². The Labute approximate surface area is 111 Å². The van der Waals surface area contributed by atoms with Crippen LogP contribution >= 0.6 is 11.6 Å². The second-order valence-corrected chi connectivity index (χ2v) is 6.54. The first-order chi connectivity index (χ1) is 8.35. The number of carboxylic acid groups (broad SMARTS) is 1. The number of carboxylic acids is 1. The molecule has 0 atom stereocenters. The molecule has 1 aromatic rings. The summed E-state index contributed by atoms with van der Waals surface area (Å²) in [6, 6.07) is 4.39. The summed E-state index contributed by atoms with van der Waals surface area (Å²) in [6.45, 7) is 1.85. The summed E-state index contributed by atoms with van der Waals surface area (Å²) in [4.78, 5) is 10.7. The van der Waals surface area contributed by atoms with Crippen molar-refractivity contribution in [3.63, 3.8) is 0 Å². The van der Waals surface area contributed by atoms with Crippen LogP contribution in [0.25, 0.3) is 0 Å². The van der Waals surface area contributed by atoms with Gasteiger partial charge in [-0.05, 0) is 18.2 Å². The molecular weight excluding hydrogens is 278 g/mol. The Morgan fingerprint density at radius 3 is 2.61 bits per heavy atom. The molecule has 5 nitrogen and oxygen atoms in total. The van der Waals surface area contributed by atoms with Crippen LogP contribution < -0.4 is 5.32 Å². The average Bonchev–Trinajstić information content (AvgIpc) is 2.28. The van der Waals surface area contributed by atoms with Gasteiger partial charge < -0.3 is 10.4 Å². The number of nitrogens with one attached hydrogen (secondary N) is 1. The number of hydrogen-bond acceptors (Lipinski definition) is 4. The second-order valence-electron chi connectivity index (χ2n) is 3.66. The number of benzene rings is 1. The number of aromatic carboxylic acids is 1. The number of hydrogen-bond donors (Lipinski definition) is 2. The van der Waals surface area contributed by atoms with Crippen LogP contribution in [0.4, 0.5) is 5.69 Å². The lowest BCUT2D eigenvalue weighted by Gasteiger charge is -2.07. The molecule has 1 rings (SSSR count). The van der Waals surface area contributed by atoms with E-state index in [9.17, 15) is 13.2 Å². The molecule has 7 heteroatoms. The molecule has 0 aliphatic heterocycles. The third kappa shape index (κ3) is 4.19. The lowest BCUT2D eigenvalue weighted by molar-refractivity contribution is 0.0697. The molecule has 0 saturated carbocycles. The van der Waals surface area contributed by atoms with Crippen LogP contribution in [0.3, 0.4) is 0 Å². The quantitative estimate of drug-likeness (QED) is 0.836. The van der Waals surface area contributed by atoms with Crippen LogP contribution in [0, 0.1) is 0 Å². The zero-order valence-corrected chi connectivity index (χ0v) is 11.4. The Hall–Kier alpha value is -1.27. The summed E-state index contributed by atoms with van der Waals surface area (Å²) < 4.78 is 22.5. The minimum absolute atomic E-state index is 0.0170. The van der Waals surface area contributed by atoms with Crippen molar-refractivity contribution < 1.29 is 18.3 Å². The van der Waals surface area contributed by atoms with Gasteiger partial charge in [0.25, 0.3) is 0 Å². The highest BCUT2D eigenvalue weighted by Crippen LogP contribution is 2.20. The number of anilines is 1. The molecule has 0 aliphatic carbocycles. The minimum Gasteiger partial charge on any atom is -0.478 e. The predicted molar refractivity (Wildman–Crippen MR) is 71.2 cm³/mol. The van der Waals surface area contributed by atoms with Crippen molar-refractivity contribution in [1.82, 2.24) is 0 Å². The topological polar surface area (TPSA) is 83.5 Å². The van der Waals surface area contributed by atoms with Gasteiger partial charge in [-0.3, -0.25) is 0 Å². The first-order valence-corrected chi connectivity index (χ1v) is 7.53. The van der Waals surface area contributed by atoms with Crippen LogP contribution in [0.2, 0.25) is 5.02 Å². The first-order valence-electron chi connectivity index (χ1n) is 5.33. The molecule has 0 unspecified atom stereocenters. The summed E-state index contributed by atoms with van der Waals surface area (Å²) >= 11 is 5.78. The van der Waals surface area contributed by atoms with E-state index in [0.717, 1.165) is 0 Å². The maximum absolute atomic E-state index is 11.3. The Morgan fingerprint density at radius 2 is 2.11 bits per heavy atom. The van der Waals surface area contributed by atoms with E-state index in [1.807, 2.05) is 0 Å². The fraction of sp³-hybridized carbons (Fsp3) is 0.364. The number of rotatable bonds is 6. The monoisotopic (exact) mass is 291 g/mol. The van der Waals surface area contributed by atoms with Crippen LogP contribution in [-0.4, -0.2) is 37.5 Å². The van der Waals surface area contributed by atoms with Crippen molar-refractivity contribution in [1.29, 1.82) is 0 Å². The lowest BCUT2D eigenvalue weighted by atomic mass is 10.2. The molecular formula is C11H14ClNO4S. The maximum Gasteiger partial charge on any atom is 0.337 e. The van der Waals surface area contributed by atoms with Crippen LogP contribution in [-0.2, 0) is 9.84 Å². The predicted octanol–water partition coefficient (Wildman–Crippen LogP) is 1.88. The van der Waals surface area contributed by atoms with Crippen LogP contribution in [0.5, 0.6) is 0 Å². The number of sulfone groups is 1. The maximum atomic E-state index is 11.3. The Kier molecular flexibility index (Phi) is 4.98. The highest BCUT2D eigenvalue weighted by atomic mass is 35.5. The fourth-order valence-corrected chi connectivity index (χ4v) is 2.26. The molecule has 0 aliphatic rings. The van der Waals surface area contributed by atoms with Gasteiger partial charge in [-0.2, -0.15) is 0 Å². The summed E-state index contributed by atoms with van der Waals surface area (Å²) in [7, 11) is -3.01. The molecule has 2 N–H and O–H groups in total. The van der Waals surface area contributed by atoms with Crippen LogP contribution in [0.1, 0.15) is 17.3 Å². The highest BCUT2D eigenvalue weighted by Gasteiger charge is 2.10. The molecule has 0 saturated heterocycles. The van der Waals surface area contributed by atoms with Crippen LogP contribution in [0.15, 0.2) is 18.2 Å². The summed E-state index contributed by atoms with van der Waals surface area (Å²) in [5.41, 5.74) is 0.611. The van der Waals surface area contributed by atoms with Gasteiger partial charge in [0.2, 0.25) is 0 Å². The molecule has 0 heterocycles. The van der Waals surface area contributed by atoms with Crippen molar-refractivity contribution >= 4 is 33.1 Å². The number of carbonyl (C=O) groups is 1. The van der Waals surface area contributed by atoms with E-state index in [1.54, 1.807) is 13.0 Å². The molecule has 0 spiro atoms. The molecule has 0 radical (unpaired) electrons. The Balaban J connectivity index is 2.65. The molecule has 0 fully saturated rings. The van der Waals surface area contributed by atoms with Crippen molar-refractivity contribution in [2.24, 2.45) is 0 Å². The summed E-state index contributed by atoms with van der Waals surface area (Å²) in [5.74, 6) is -0.963. The van der Waals surface area contributed by atoms with Gasteiger partial charge in [-0.1, -0.05) is 18.5 Å². The molecule has 1 aromatic carbocycles. The van der Waals surface area contributed by atoms with Crippen molar-refractivity contribution in [3.8, 4) is 0 Å². The lowest BCUT2D eigenvalue weighted by Crippen LogP contribution is -2.17. The highest BCUT2D eigenvalue weighted by molar-refractivity contribution is 7.91. The van der Waals surface area contributed by atoms with Gasteiger partial charge in [-0.15, -0.1) is 0 Å². The zero-order valence-electron chi connectivity index (χ0n) is 9.81. The van der Waals surface area contributed by atoms with Crippen molar-refractivity contribution in [2.75, 3.05) is 23.4 Å². The first kappa shape index (κ1) is 14.8. The van der Waals surface area contributed by atoms with E-state index < -0.39 is 15.8 Å². The van der Waals surface area contributed by atoms with Gasteiger partial charge in [0, 0.05) is 18.0 Å². The normalized spacial score (nSPS) is 11.2. The standard InChI is InChI=1S/C11H14ClNO4S/c1-2-18(16,17)6-5-13-8-3-4-9(11(14)15)10(12)7-8/h3-4,7,13H,2,5-6H2,1H3,(H,14,15). The second kappa shape index (κ2) is 6.06. The SMILES string of the molecule is CCS(=O)(=O)CCNc1ccc(C(=O)O)c(Cl)c1. The zero-order chi connectivity index (χ0) is 13.8. The minimum atomic E-state index is -3.01. The van der Waals surface area contributed by atoms with E-state index in [-0.39, 0.29) is 28.6 Å². The third-order valence-corrected chi connectivity index (χ3v) is 4.40. The van der Waals surface area contributed by atoms with Gasteiger partial charge >= 0.3 is 5.97 Å². The summed E-state index contributed by atoms with van der Waals surface area (Å²) in [6.07, 6.45) is 0. The van der Waals surface area contributed by atoms with Gasteiger partial charge in [0.05, 0.1) is 16.3 Å². The van der Waals surface area contributed by atoms with E-state index in [1.165, 1.54) is 12.1 Å². The molecule has 0 bridgehead atoms. The Morgan fingerprint density at radius 1 is 1.44 bits per heavy atom. The molecule has 18 heavy (non-hydrogen) atoms. The van der Waals surface area contributed by atoms with E-state index in [2.05, 4.69) is 5.32 Å². The summed E-state index contributed by atoms with van der Waals surface area (Å²) in [5, 5.41) is 11.8. The van der Waals surface area contributed by atoms with Crippen molar-refractivity contribution in [3.05, 3.63) is 28.8 Å². The fourth-order valence-electron chi connectivity index (χ4n) is 1.29. The smallest absolute Gasteiger partial charge is 0.337 e. The van der Waals surface area contributed by atoms with Gasteiger partial charge in [0.15, 0.2) is 9.84 Å². The van der Waals surface area contributed by atoms with E-state index in [0.29, 0.717) is 5.69 Å². The largest absolute Gasteiger partial charge is 0.478 e. The van der Waals surface area contributed by atoms with Gasteiger partial charge in [-0.25, -0.2) is 13.2 Å². The molecule has 0 aromatic heterocycles. The third-order valence-electron chi connectivity index (χ3n) is 2.38.